The molecule has 0 atom stereocenters. The zero-order valence-corrected chi connectivity index (χ0v) is 11.9. The smallest absolute Gasteiger partial charge is 0.231 e. The van der Waals surface area contributed by atoms with Gasteiger partial charge in [-0.25, -0.2) is 4.68 Å². The fraction of sp³-hybridized carbons (Fsp3) is 0.364. The van der Waals surface area contributed by atoms with Gasteiger partial charge in [-0.2, -0.15) is 18.3 Å². The monoisotopic (exact) mass is 338 g/mol. The van der Waals surface area contributed by atoms with Crippen molar-refractivity contribution in [1.29, 1.82) is 0 Å². The summed E-state index contributed by atoms with van der Waals surface area (Å²) in [6, 6.07) is 1.08. The van der Waals surface area contributed by atoms with Gasteiger partial charge < -0.3 is 0 Å². The molecule has 7 heteroatoms. The van der Waals surface area contributed by atoms with Crippen LogP contribution in [0, 0.1) is 0 Å². The number of nitrogens with zero attached hydrogens (tertiary/aromatic N) is 2. The second-order valence-electron chi connectivity index (χ2n) is 3.75. The van der Waals surface area contributed by atoms with Crippen LogP contribution in [0.4, 0.5) is 13.2 Å². The Labute approximate surface area is 115 Å². The maximum Gasteiger partial charge on any atom is 0.435 e. The Morgan fingerprint density at radius 3 is 2.56 bits per heavy atom. The first kappa shape index (κ1) is 13.7. The predicted molar refractivity (Wildman–Crippen MR) is 69.5 cm³/mol. The van der Waals surface area contributed by atoms with Crippen LogP contribution in [0.15, 0.2) is 27.7 Å². The van der Waals surface area contributed by atoms with Crippen LogP contribution in [0.1, 0.15) is 18.5 Å². The van der Waals surface area contributed by atoms with Crippen LogP contribution in [-0.2, 0) is 6.18 Å². The number of allylic oxidation sites excluding steroid dienone is 4. The highest BCUT2D eigenvalue weighted by molar-refractivity contribution is 9.11. The molecule has 0 fully saturated rings. The van der Waals surface area contributed by atoms with Crippen LogP contribution >= 0.6 is 27.7 Å². The number of hydrogen-bond acceptors (Lipinski definition) is 2. The van der Waals surface area contributed by atoms with E-state index >= 15 is 0 Å². The zero-order valence-electron chi connectivity index (χ0n) is 9.46. The number of aromatic nitrogens is 2. The summed E-state index contributed by atoms with van der Waals surface area (Å²) in [5, 5.41) is 4.16. The van der Waals surface area contributed by atoms with Gasteiger partial charge in [-0.05, 0) is 29.7 Å². The lowest BCUT2D eigenvalue weighted by Gasteiger charge is -2.13. The van der Waals surface area contributed by atoms with Crippen molar-refractivity contribution in [2.45, 2.75) is 24.0 Å². The molecule has 1 aromatic rings. The predicted octanol–water partition coefficient (Wildman–Crippen LogP) is 4.54. The molecule has 1 aromatic heterocycles. The molecule has 0 bridgehead atoms. The van der Waals surface area contributed by atoms with Gasteiger partial charge in [0.15, 0.2) is 5.69 Å². The van der Waals surface area contributed by atoms with Gasteiger partial charge in [0.25, 0.3) is 0 Å². The Morgan fingerprint density at radius 1 is 1.33 bits per heavy atom. The van der Waals surface area contributed by atoms with Crippen molar-refractivity contribution in [3.05, 3.63) is 28.4 Å². The number of thioether (sulfide) groups is 1. The van der Waals surface area contributed by atoms with Gasteiger partial charge >= 0.3 is 6.18 Å². The molecule has 0 radical (unpaired) electrons. The molecule has 1 heterocycles. The van der Waals surface area contributed by atoms with Gasteiger partial charge in [0.05, 0.1) is 5.03 Å². The van der Waals surface area contributed by atoms with E-state index in [4.69, 9.17) is 0 Å². The second-order valence-corrected chi connectivity index (χ2v) is 5.60. The van der Waals surface area contributed by atoms with Gasteiger partial charge in [-0.15, -0.1) is 11.8 Å². The van der Waals surface area contributed by atoms with E-state index in [9.17, 15) is 13.2 Å². The van der Waals surface area contributed by atoms with Crippen LogP contribution in [0.3, 0.4) is 0 Å². The summed E-state index contributed by atoms with van der Waals surface area (Å²) in [4.78, 5) is 0. The van der Waals surface area contributed by atoms with Crippen molar-refractivity contribution >= 4 is 33.4 Å². The first-order valence-electron chi connectivity index (χ1n) is 5.18. The summed E-state index contributed by atoms with van der Waals surface area (Å²) < 4.78 is 40.3. The normalized spacial score (nSPS) is 16.5. The molecule has 0 aromatic carbocycles. The SMILES string of the molecule is CSc1cc(C(F)(F)F)nn1C1=CC=C(Br)CC1. The van der Waals surface area contributed by atoms with E-state index in [2.05, 4.69) is 21.0 Å². The quantitative estimate of drug-likeness (QED) is 0.737. The second kappa shape index (κ2) is 5.13. The lowest BCUT2D eigenvalue weighted by molar-refractivity contribution is -0.141. The fourth-order valence-electron chi connectivity index (χ4n) is 1.63. The molecule has 0 saturated carbocycles. The Hall–Kier alpha value is -0.690. The van der Waals surface area contributed by atoms with Crippen LogP contribution in [0.5, 0.6) is 0 Å². The molecule has 0 saturated heterocycles. The lowest BCUT2D eigenvalue weighted by atomic mass is 10.1. The topological polar surface area (TPSA) is 17.8 Å². The first-order chi connectivity index (χ1) is 8.41. The minimum Gasteiger partial charge on any atom is -0.231 e. The van der Waals surface area contributed by atoms with E-state index in [0.29, 0.717) is 11.4 Å². The molecule has 1 aliphatic rings. The molecule has 1 aliphatic carbocycles. The third kappa shape index (κ3) is 2.83. The highest BCUT2D eigenvalue weighted by Gasteiger charge is 2.35. The molecule has 18 heavy (non-hydrogen) atoms. The molecule has 0 unspecified atom stereocenters. The molecule has 2 rings (SSSR count). The van der Waals surface area contributed by atoms with Crippen LogP contribution in [0.25, 0.3) is 5.70 Å². The average molecular weight is 339 g/mol. The average Bonchev–Trinajstić information content (AvgIpc) is 2.73. The van der Waals surface area contributed by atoms with E-state index in [1.807, 2.05) is 6.08 Å². The van der Waals surface area contributed by atoms with Gasteiger partial charge in [0.2, 0.25) is 0 Å². The minimum absolute atomic E-state index is 0.500. The minimum atomic E-state index is -4.40. The summed E-state index contributed by atoms with van der Waals surface area (Å²) in [6.07, 6.45) is 2.42. The summed E-state index contributed by atoms with van der Waals surface area (Å²) in [7, 11) is 0. The van der Waals surface area contributed by atoms with E-state index < -0.39 is 11.9 Å². The largest absolute Gasteiger partial charge is 0.435 e. The first-order valence-corrected chi connectivity index (χ1v) is 7.20. The number of rotatable bonds is 2. The van der Waals surface area contributed by atoms with Crippen LogP contribution < -0.4 is 0 Å². The van der Waals surface area contributed by atoms with Crippen molar-refractivity contribution in [2.24, 2.45) is 0 Å². The van der Waals surface area contributed by atoms with E-state index in [1.54, 1.807) is 12.3 Å². The Morgan fingerprint density at radius 2 is 2.06 bits per heavy atom. The van der Waals surface area contributed by atoms with Crippen LogP contribution in [0.2, 0.25) is 0 Å². The van der Waals surface area contributed by atoms with Crippen molar-refractivity contribution in [2.75, 3.05) is 6.26 Å². The van der Waals surface area contributed by atoms with E-state index in [0.717, 1.165) is 22.7 Å². The molecule has 98 valence electrons. The van der Waals surface area contributed by atoms with Gasteiger partial charge in [-0.1, -0.05) is 22.0 Å². The summed E-state index contributed by atoms with van der Waals surface area (Å²) in [5.41, 5.74) is -0.0700. The number of alkyl halides is 3. The molecule has 0 amide bonds. The summed E-state index contributed by atoms with van der Waals surface area (Å²) in [5.74, 6) is 0. The number of halogens is 4. The van der Waals surface area contributed by atoms with Crippen molar-refractivity contribution in [3.8, 4) is 0 Å². The van der Waals surface area contributed by atoms with Gasteiger partial charge in [-0.3, -0.25) is 0 Å². The number of hydrogen-bond donors (Lipinski definition) is 0. The third-order valence-corrected chi connectivity index (χ3v) is 3.89. The maximum atomic E-state index is 12.6. The van der Waals surface area contributed by atoms with Gasteiger partial charge in [0, 0.05) is 11.8 Å². The molecule has 0 N–H and O–H groups in total. The van der Waals surface area contributed by atoms with E-state index in [1.165, 1.54) is 16.4 Å². The highest BCUT2D eigenvalue weighted by Crippen LogP contribution is 2.34. The standard InChI is InChI=1S/C11H10BrF3N2S/c1-18-10-6-9(11(13,14)15)16-17(10)8-4-2-7(12)3-5-8/h2,4,6H,3,5H2,1H3. The lowest BCUT2D eigenvalue weighted by Crippen LogP contribution is -2.08. The molecular weight excluding hydrogens is 329 g/mol. The van der Waals surface area contributed by atoms with Crippen molar-refractivity contribution in [3.63, 3.8) is 0 Å². The Balaban J connectivity index is 2.42. The molecular formula is C11H10BrF3N2S. The molecule has 0 aliphatic heterocycles. The van der Waals surface area contributed by atoms with Crippen molar-refractivity contribution < 1.29 is 13.2 Å². The zero-order chi connectivity index (χ0) is 13.3. The van der Waals surface area contributed by atoms with Crippen molar-refractivity contribution in [1.82, 2.24) is 9.78 Å². The molecule has 2 nitrogen and oxygen atoms in total. The molecule has 0 spiro atoms. The highest BCUT2D eigenvalue weighted by atomic mass is 79.9. The summed E-state index contributed by atoms with van der Waals surface area (Å²) in [6.45, 7) is 0. The van der Waals surface area contributed by atoms with Gasteiger partial charge in [0.1, 0.15) is 0 Å². The fourth-order valence-corrected chi connectivity index (χ4v) is 2.52. The third-order valence-electron chi connectivity index (χ3n) is 2.52. The Kier molecular flexibility index (Phi) is 3.91. The van der Waals surface area contributed by atoms with Crippen LogP contribution in [-0.4, -0.2) is 16.0 Å². The maximum absolute atomic E-state index is 12.6. The summed E-state index contributed by atoms with van der Waals surface area (Å²) >= 11 is 4.62. The Bertz CT molecular complexity index is 517. The van der Waals surface area contributed by atoms with E-state index in [-0.39, 0.29) is 0 Å².